The van der Waals surface area contributed by atoms with Gasteiger partial charge in [-0.3, -0.25) is 14.7 Å². The molecule has 320 valence electrons. The van der Waals surface area contributed by atoms with E-state index >= 15 is 0 Å². The zero-order valence-electron chi connectivity index (χ0n) is 35.7. The summed E-state index contributed by atoms with van der Waals surface area (Å²) in [5, 5.41) is 8.78. The molecular weight excluding hydrogens is 775 g/mol. The lowest BCUT2D eigenvalue weighted by Gasteiger charge is -2.30. The summed E-state index contributed by atoms with van der Waals surface area (Å²) >= 11 is 0. The van der Waals surface area contributed by atoms with Crippen molar-refractivity contribution >= 4 is 45.0 Å². The number of carbonyl (C=O) groups is 2. The van der Waals surface area contributed by atoms with E-state index in [0.717, 1.165) is 91.6 Å². The lowest BCUT2D eigenvalue weighted by molar-refractivity contribution is -0.131. The van der Waals surface area contributed by atoms with Crippen molar-refractivity contribution in [1.29, 1.82) is 0 Å². The van der Waals surface area contributed by atoms with Gasteiger partial charge in [0.05, 0.1) is 35.9 Å². The second-order valence-corrected chi connectivity index (χ2v) is 19.6. The average Bonchev–Trinajstić information content (AvgIpc) is 4.07. The van der Waals surface area contributed by atoms with Gasteiger partial charge in [-0.05, 0) is 133 Å². The van der Waals surface area contributed by atoms with E-state index in [1.54, 1.807) is 12.3 Å². The van der Waals surface area contributed by atoms with Crippen LogP contribution in [-0.4, -0.2) is 85.2 Å². The van der Waals surface area contributed by atoms with Crippen LogP contribution in [0, 0.1) is 17.8 Å². The van der Waals surface area contributed by atoms with E-state index in [1.807, 2.05) is 17.0 Å². The summed E-state index contributed by atoms with van der Waals surface area (Å²) in [4.78, 5) is 43.1. The van der Waals surface area contributed by atoms with Crippen LogP contribution in [0.4, 0.5) is 10.5 Å². The van der Waals surface area contributed by atoms with Crippen molar-refractivity contribution < 1.29 is 22.7 Å². The Bertz CT molecular complexity index is 2390. The molecule has 60 heavy (non-hydrogen) atoms. The fourth-order valence-electron chi connectivity index (χ4n) is 10.4. The Morgan fingerprint density at radius 3 is 2.53 bits per heavy atom. The number of sulfonamides is 1. The number of nitrogens with zero attached hydrogens (tertiary/aromatic N) is 4. The number of hydrogen-bond acceptors (Lipinski definition) is 8. The van der Waals surface area contributed by atoms with E-state index in [2.05, 4.69) is 73.2 Å². The number of hydrogen-bond donors (Lipinski definition) is 3. The Balaban J connectivity index is 1.11. The molecule has 6 atom stereocenters. The third-order valence-corrected chi connectivity index (χ3v) is 14.8. The van der Waals surface area contributed by atoms with Gasteiger partial charge in [0.15, 0.2) is 0 Å². The van der Waals surface area contributed by atoms with Gasteiger partial charge < -0.3 is 19.9 Å². The number of nitrogens with one attached hydrogen (secondary N) is 2. The zero-order chi connectivity index (χ0) is 42.3. The van der Waals surface area contributed by atoms with Crippen LogP contribution in [0.3, 0.4) is 0 Å². The molecule has 0 bridgehead atoms. The number of nitrogens with two attached hydrogens (primary N) is 1. The molecule has 1 saturated carbocycles. The minimum Gasteiger partial charge on any atom is -0.453 e. The first-order valence-electron chi connectivity index (χ1n) is 22.1. The molecule has 3 aromatic carbocycles. The molecule has 4 aliphatic rings. The Kier molecular flexibility index (Phi) is 12.2. The molecule has 2 amide bonds. The molecule has 8 rings (SSSR count). The number of imidazole rings is 1. The van der Waals surface area contributed by atoms with Gasteiger partial charge in [-0.2, -0.15) is 0 Å². The summed E-state index contributed by atoms with van der Waals surface area (Å²) in [5.41, 5.74) is 9.35. The maximum atomic E-state index is 13.2. The van der Waals surface area contributed by atoms with Crippen LogP contribution in [0.15, 0.2) is 58.4 Å². The van der Waals surface area contributed by atoms with Crippen LogP contribution in [0.5, 0.6) is 0 Å². The fraction of sp³-hybridized carbons (Fsp3) is 0.532. The van der Waals surface area contributed by atoms with Crippen LogP contribution >= 0.6 is 0 Å². The number of ether oxygens (including phenoxy) is 1. The quantitative estimate of drug-likeness (QED) is 0.114. The summed E-state index contributed by atoms with van der Waals surface area (Å²) in [6.07, 6.45) is 11.0. The first-order chi connectivity index (χ1) is 28.8. The van der Waals surface area contributed by atoms with Gasteiger partial charge in [-0.15, -0.1) is 0 Å². The van der Waals surface area contributed by atoms with Crippen LogP contribution in [0.1, 0.15) is 114 Å². The van der Waals surface area contributed by atoms with Gasteiger partial charge >= 0.3 is 6.09 Å². The highest BCUT2D eigenvalue weighted by molar-refractivity contribution is 7.89. The molecular formula is C47H61N7O5S. The van der Waals surface area contributed by atoms with Gasteiger partial charge in [-0.1, -0.05) is 64.8 Å². The SMILES string of the molecule is CCC(C)CC(=O)N1CCCC1C=Nc1cc(-c2ccc(-c3ccc4nc(C5CCCN5CC(NC(=O)OC)C(C)C)[nH]c4c3)c3c2CC2CCCC32)ccc1S(N)(=O)=O. The number of carbonyl (C=O) groups excluding carboxylic acids is 2. The number of H-pyrrole nitrogens is 1. The molecule has 2 aliphatic heterocycles. The Morgan fingerprint density at radius 1 is 1.00 bits per heavy atom. The van der Waals surface area contributed by atoms with Crippen molar-refractivity contribution in [3.05, 3.63) is 65.5 Å². The highest BCUT2D eigenvalue weighted by atomic mass is 32.2. The largest absolute Gasteiger partial charge is 0.453 e. The van der Waals surface area contributed by atoms with Gasteiger partial charge in [0, 0.05) is 31.8 Å². The molecule has 3 fully saturated rings. The van der Waals surface area contributed by atoms with E-state index < -0.39 is 16.1 Å². The lowest BCUT2D eigenvalue weighted by Crippen LogP contribution is -2.46. The second-order valence-electron chi connectivity index (χ2n) is 18.1. The minimum absolute atomic E-state index is 0.0198. The number of methoxy groups -OCH3 is 1. The number of benzene rings is 3. The number of amides is 2. The van der Waals surface area contributed by atoms with Crippen molar-refractivity contribution in [2.45, 2.75) is 121 Å². The Morgan fingerprint density at radius 2 is 1.77 bits per heavy atom. The van der Waals surface area contributed by atoms with E-state index in [1.165, 1.54) is 36.6 Å². The number of aromatic amines is 1. The zero-order valence-corrected chi connectivity index (χ0v) is 36.6. The van der Waals surface area contributed by atoms with Crippen molar-refractivity contribution in [1.82, 2.24) is 25.1 Å². The molecule has 6 unspecified atom stereocenters. The van der Waals surface area contributed by atoms with Crippen LogP contribution < -0.4 is 10.5 Å². The van der Waals surface area contributed by atoms with E-state index in [-0.39, 0.29) is 34.8 Å². The maximum absolute atomic E-state index is 13.2. The van der Waals surface area contributed by atoms with Crippen LogP contribution in [-0.2, 0) is 26.0 Å². The summed E-state index contributed by atoms with van der Waals surface area (Å²) in [5.74, 6) is 2.66. The predicted octanol–water partition coefficient (Wildman–Crippen LogP) is 8.63. The van der Waals surface area contributed by atoms with E-state index in [4.69, 9.17) is 19.9 Å². The van der Waals surface area contributed by atoms with Gasteiger partial charge in [0.1, 0.15) is 10.7 Å². The van der Waals surface area contributed by atoms with Gasteiger partial charge in [0.2, 0.25) is 15.9 Å². The third kappa shape index (κ3) is 8.50. The molecule has 4 aromatic rings. The van der Waals surface area contributed by atoms with Gasteiger partial charge in [-0.25, -0.2) is 23.3 Å². The molecule has 1 aromatic heterocycles. The van der Waals surface area contributed by atoms with Crippen molar-refractivity contribution in [3.8, 4) is 22.3 Å². The summed E-state index contributed by atoms with van der Waals surface area (Å²) < 4.78 is 30.6. The molecule has 2 aliphatic carbocycles. The number of aliphatic imine (C=N–C) groups is 1. The highest BCUT2D eigenvalue weighted by Gasteiger charge is 2.39. The van der Waals surface area contributed by atoms with E-state index in [9.17, 15) is 18.0 Å². The third-order valence-electron chi connectivity index (χ3n) is 13.9. The number of primary sulfonamides is 1. The molecule has 0 spiro atoms. The topological polar surface area (TPSA) is 163 Å². The Labute approximate surface area is 354 Å². The molecule has 3 heterocycles. The normalized spacial score (nSPS) is 22.8. The fourth-order valence-corrected chi connectivity index (χ4v) is 11.0. The Hall–Kier alpha value is -4.59. The number of likely N-dealkylation sites (tertiary alicyclic amines) is 2. The molecule has 2 saturated heterocycles. The van der Waals surface area contributed by atoms with Gasteiger partial charge in [0.25, 0.3) is 0 Å². The van der Waals surface area contributed by atoms with Crippen molar-refractivity contribution in [2.24, 2.45) is 27.9 Å². The highest BCUT2D eigenvalue weighted by Crippen LogP contribution is 2.54. The first-order valence-corrected chi connectivity index (χ1v) is 23.6. The number of fused-ring (bicyclic) bond motifs is 4. The van der Waals surface area contributed by atoms with E-state index in [0.29, 0.717) is 36.4 Å². The first kappa shape index (κ1) is 42.1. The lowest BCUT2D eigenvalue weighted by atomic mass is 9.86. The molecule has 12 nitrogen and oxygen atoms in total. The second kappa shape index (κ2) is 17.4. The van der Waals surface area contributed by atoms with Crippen molar-refractivity contribution in [2.75, 3.05) is 26.7 Å². The average molecular weight is 836 g/mol. The van der Waals surface area contributed by atoms with Crippen LogP contribution in [0.2, 0.25) is 0 Å². The predicted molar refractivity (Wildman–Crippen MR) is 237 cm³/mol. The maximum Gasteiger partial charge on any atom is 0.407 e. The smallest absolute Gasteiger partial charge is 0.407 e. The molecule has 4 N–H and O–H groups in total. The number of rotatable bonds is 13. The van der Waals surface area contributed by atoms with Crippen molar-refractivity contribution in [3.63, 3.8) is 0 Å². The standard InChI is InChI=1S/C47H61N7O5S/c1-6-29(4)22-44(55)54-21-8-11-33(54)26-49-40-25-31(15-19-43(40)60(48,57)58)34-16-17-36(45-35-12-7-10-30(35)23-37(34)45)32-14-18-38-39(24-32)51-46(50-38)42-13-9-20-53(42)27-41(28(2)3)52-47(56)59-5/h14-19,24-26,28-30,33,35,41-42H,6-13,20-23,27H2,1-5H3,(H,50,51)(H,52,56)(H2,48,57,58). The summed E-state index contributed by atoms with van der Waals surface area (Å²) in [6.45, 7) is 10.8. The monoisotopic (exact) mass is 835 g/mol. The summed E-state index contributed by atoms with van der Waals surface area (Å²) in [7, 11) is -2.66. The van der Waals surface area contributed by atoms with Crippen LogP contribution in [0.25, 0.3) is 33.3 Å². The molecule has 13 heteroatoms. The number of alkyl carbamates (subject to hydrolysis) is 1. The molecule has 0 radical (unpaired) electrons. The summed E-state index contributed by atoms with van der Waals surface area (Å²) in [6, 6.07) is 16.2. The number of aromatic nitrogens is 2. The minimum atomic E-state index is -4.06.